The molecule has 3 fully saturated rings. The summed E-state index contributed by atoms with van der Waals surface area (Å²) in [4.78, 5) is 106. The molecule has 4 aliphatic rings. The number of imide groups is 1. The van der Waals surface area contributed by atoms with E-state index in [0.29, 0.717) is 35.7 Å². The number of aromatic nitrogens is 2. The van der Waals surface area contributed by atoms with E-state index < -0.39 is 83.3 Å². The number of rotatable bonds is 13. The molecular weight excluding hydrogens is 995 g/mol. The molecule has 4 amide bonds. The van der Waals surface area contributed by atoms with Crippen molar-refractivity contribution in [1.29, 1.82) is 0 Å². The Bertz CT molecular complexity index is 3250. The number of cyclic esters (lactones) is 1. The van der Waals surface area contributed by atoms with Gasteiger partial charge in [-0.3, -0.25) is 28.9 Å². The van der Waals surface area contributed by atoms with E-state index in [0.717, 1.165) is 24.7 Å². The Labute approximate surface area is 450 Å². The molecule has 3 saturated heterocycles. The van der Waals surface area contributed by atoms with Gasteiger partial charge in [-0.25, -0.2) is 19.7 Å². The summed E-state index contributed by atoms with van der Waals surface area (Å²) in [6.07, 6.45) is 1.98. The van der Waals surface area contributed by atoms with Gasteiger partial charge in [-0.2, -0.15) is 0 Å². The smallest absolute Gasteiger partial charge is 0.329 e. The summed E-state index contributed by atoms with van der Waals surface area (Å²) >= 11 is 0. The molecule has 10 rings (SSSR count). The van der Waals surface area contributed by atoms with Gasteiger partial charge in [0.25, 0.3) is 0 Å². The van der Waals surface area contributed by atoms with Gasteiger partial charge in [-0.15, -0.1) is 0 Å². The van der Waals surface area contributed by atoms with Crippen molar-refractivity contribution < 1.29 is 52.8 Å². The van der Waals surface area contributed by atoms with Crippen LogP contribution >= 0.6 is 0 Å². The normalized spacial score (nSPS) is 21.9. The van der Waals surface area contributed by atoms with Crippen molar-refractivity contribution in [2.45, 2.75) is 49.0 Å². The number of amides is 4. The third-order valence-corrected chi connectivity index (χ3v) is 15.1. The number of nitrogens with one attached hydrogen (secondary N) is 1. The van der Waals surface area contributed by atoms with E-state index in [1.165, 1.54) is 0 Å². The summed E-state index contributed by atoms with van der Waals surface area (Å²) in [5, 5.41) is 13.3. The number of hydrogen-bond donors (Lipinski definition) is 2. The Morgan fingerprint density at radius 3 is 2.06 bits per heavy atom. The molecule has 0 unspecified atom stereocenters. The SMILES string of the molecule is COC(=O)C(CC#Cc1ccc2c(c1)[C@]1(C(=O)N2C(=O)N[C@H](C)c2ccccc2)[C@H](c2ccccc2OCCO)N2[C@H](c3ccccc3)[C@H](c3ccccc3)OC(=O)[C@H]2[C@@H]1C(=O)N1CCN(c2ncccn2)CC1)C(=O)OC. The standard InChI is InChI=1S/C60H57N7O11/c1-38(40-18-7-4-8-19-40)63-59(74)66-46-28-27-39(17-15-25-44(54(70)75-2)55(71)76-3)37-45(46)60(57(66)73)48(53(69)64-31-33-65(34-32-64)58-61-29-16-30-62-58)50-56(72)78-51(42-22-11-6-12-23-42)49(41-20-9-5-10-21-41)67(50)52(60)43-24-13-14-26-47(43)77-36-35-68/h4-14,16,18-24,26-30,37-38,44,48-52,68H,25,31-36H2,1-3H3,(H,63,74)/t38-,48-,49-,50-,51+,52+,60-/m1/s1. The molecule has 0 saturated carbocycles. The maximum atomic E-state index is 17.0. The third-order valence-electron chi connectivity index (χ3n) is 15.1. The van der Waals surface area contributed by atoms with Gasteiger partial charge in [-0.1, -0.05) is 121 Å². The lowest BCUT2D eigenvalue weighted by molar-refractivity contribution is -0.179. The van der Waals surface area contributed by atoms with Gasteiger partial charge in [0.05, 0.1) is 50.6 Å². The van der Waals surface area contributed by atoms with Crippen LogP contribution in [0, 0.1) is 23.7 Å². The van der Waals surface area contributed by atoms with Gasteiger partial charge >= 0.3 is 23.9 Å². The number of hydrogen-bond acceptors (Lipinski definition) is 15. The second kappa shape index (κ2) is 22.7. The summed E-state index contributed by atoms with van der Waals surface area (Å²) in [6.45, 7) is 2.20. The number of carbonyl (C=O) groups excluding carboxylic acids is 6. The van der Waals surface area contributed by atoms with Gasteiger partial charge in [0.1, 0.15) is 29.9 Å². The van der Waals surface area contributed by atoms with Crippen LogP contribution < -0.4 is 19.9 Å². The average Bonchev–Trinajstić information content (AvgIpc) is 2.67. The van der Waals surface area contributed by atoms with E-state index in [1.54, 1.807) is 72.7 Å². The molecule has 0 radical (unpaired) electrons. The Morgan fingerprint density at radius 2 is 1.41 bits per heavy atom. The first kappa shape index (κ1) is 52.5. The molecule has 1 aromatic heterocycles. The highest BCUT2D eigenvalue weighted by Crippen LogP contribution is 2.67. The number of aliphatic hydroxyl groups excluding tert-OH is 1. The van der Waals surface area contributed by atoms with E-state index in [-0.39, 0.29) is 55.3 Å². The van der Waals surface area contributed by atoms with Crippen LogP contribution in [-0.4, -0.2) is 120 Å². The van der Waals surface area contributed by atoms with E-state index >= 15 is 19.2 Å². The van der Waals surface area contributed by atoms with E-state index in [2.05, 4.69) is 27.1 Å². The van der Waals surface area contributed by atoms with Crippen LogP contribution in [0.4, 0.5) is 16.4 Å². The third kappa shape index (κ3) is 9.56. The van der Waals surface area contributed by atoms with Crippen molar-refractivity contribution in [2.24, 2.45) is 11.8 Å². The van der Waals surface area contributed by atoms with Crippen molar-refractivity contribution in [2.75, 3.05) is 63.4 Å². The maximum Gasteiger partial charge on any atom is 0.329 e. The predicted molar refractivity (Wildman–Crippen MR) is 284 cm³/mol. The number of ether oxygens (including phenoxy) is 4. The molecule has 7 atom stereocenters. The number of morpholine rings is 1. The lowest BCUT2D eigenvalue weighted by atomic mass is 9.64. The van der Waals surface area contributed by atoms with E-state index in [1.807, 2.05) is 101 Å². The highest BCUT2D eigenvalue weighted by Gasteiger charge is 2.76. The fourth-order valence-corrected chi connectivity index (χ4v) is 11.6. The van der Waals surface area contributed by atoms with Crippen LogP contribution in [0.3, 0.4) is 0 Å². The Kier molecular flexibility index (Phi) is 15.3. The second-order valence-electron chi connectivity index (χ2n) is 19.3. The summed E-state index contributed by atoms with van der Waals surface area (Å²) in [6, 6.07) is 36.4. The van der Waals surface area contributed by atoms with Crippen molar-refractivity contribution in [3.63, 3.8) is 0 Å². The number of benzene rings is 5. The molecule has 4 aliphatic heterocycles. The van der Waals surface area contributed by atoms with Crippen molar-refractivity contribution in [1.82, 2.24) is 25.1 Å². The largest absolute Gasteiger partial charge is 0.491 e. The summed E-state index contributed by atoms with van der Waals surface area (Å²) in [7, 11) is 2.30. The molecule has 5 aromatic carbocycles. The molecular formula is C60H57N7O11. The summed E-state index contributed by atoms with van der Waals surface area (Å²) in [5.41, 5.74) is 0.911. The number of para-hydroxylation sites is 1. The first-order chi connectivity index (χ1) is 38.0. The topological polar surface area (TPSA) is 210 Å². The van der Waals surface area contributed by atoms with Gasteiger partial charge in [-0.05, 0) is 59.5 Å². The quantitative estimate of drug-likeness (QED) is 0.0585. The molecule has 1 spiro atoms. The molecule has 398 valence electrons. The Hall–Kier alpha value is -8.92. The number of anilines is 2. The summed E-state index contributed by atoms with van der Waals surface area (Å²) in [5.74, 6) is -0.0693. The monoisotopic (exact) mass is 1050 g/mol. The number of nitrogens with zero attached hydrogens (tertiary/aromatic N) is 6. The Balaban J connectivity index is 1.25. The minimum absolute atomic E-state index is 0.122. The zero-order valence-corrected chi connectivity index (χ0v) is 43.1. The number of urea groups is 1. The van der Waals surface area contributed by atoms with Crippen LogP contribution in [0.5, 0.6) is 5.75 Å². The lowest BCUT2D eigenvalue weighted by Crippen LogP contribution is -2.59. The number of fused-ring (bicyclic) bond motifs is 3. The average molecular weight is 1050 g/mol. The van der Waals surface area contributed by atoms with E-state index in [4.69, 9.17) is 18.9 Å². The minimum atomic E-state index is -2.18. The van der Waals surface area contributed by atoms with Crippen LogP contribution in [0.1, 0.15) is 71.0 Å². The highest BCUT2D eigenvalue weighted by atomic mass is 16.6. The molecule has 0 aliphatic carbocycles. The Morgan fingerprint density at radius 1 is 0.782 bits per heavy atom. The minimum Gasteiger partial charge on any atom is -0.491 e. The molecule has 18 nitrogen and oxygen atoms in total. The maximum absolute atomic E-state index is 17.0. The first-order valence-corrected chi connectivity index (χ1v) is 25.7. The first-order valence-electron chi connectivity index (χ1n) is 25.7. The molecule has 18 heteroatoms. The molecule has 6 aromatic rings. The van der Waals surface area contributed by atoms with Crippen LogP contribution in [0.25, 0.3) is 0 Å². The van der Waals surface area contributed by atoms with Crippen LogP contribution in [0.2, 0.25) is 0 Å². The molecule has 5 heterocycles. The van der Waals surface area contributed by atoms with E-state index in [9.17, 15) is 14.7 Å². The number of aliphatic hydroxyl groups is 1. The van der Waals surface area contributed by atoms with Gasteiger partial charge in [0.15, 0.2) is 5.92 Å². The predicted octanol–water partition coefficient (Wildman–Crippen LogP) is 6.04. The number of carbonyl (C=O) groups is 6. The van der Waals surface area contributed by atoms with Crippen molar-refractivity contribution >= 4 is 47.4 Å². The highest BCUT2D eigenvalue weighted by molar-refractivity contribution is 6.25. The zero-order valence-electron chi connectivity index (χ0n) is 43.1. The van der Waals surface area contributed by atoms with Crippen LogP contribution in [-0.2, 0) is 43.6 Å². The van der Waals surface area contributed by atoms with Crippen molar-refractivity contribution in [3.05, 3.63) is 185 Å². The number of methoxy groups -OCH3 is 2. The van der Waals surface area contributed by atoms with Crippen LogP contribution in [0.15, 0.2) is 152 Å². The van der Waals surface area contributed by atoms with Gasteiger partial charge < -0.3 is 39.2 Å². The van der Waals surface area contributed by atoms with Crippen molar-refractivity contribution in [3.8, 4) is 17.6 Å². The fourth-order valence-electron chi connectivity index (χ4n) is 11.6. The zero-order chi connectivity index (χ0) is 54.5. The molecule has 0 bridgehead atoms. The molecule has 2 N–H and O–H groups in total. The second-order valence-corrected chi connectivity index (χ2v) is 19.3. The lowest BCUT2D eigenvalue weighted by Gasteiger charge is -2.46. The number of piperazine rings is 1. The number of esters is 3. The van der Waals surface area contributed by atoms with Gasteiger partial charge in [0, 0.05) is 56.1 Å². The summed E-state index contributed by atoms with van der Waals surface area (Å²) < 4.78 is 22.9. The fraction of sp³-hybridized carbons (Fsp3) is 0.300. The van der Waals surface area contributed by atoms with Gasteiger partial charge in [0.2, 0.25) is 17.8 Å². The molecule has 78 heavy (non-hydrogen) atoms.